The van der Waals surface area contributed by atoms with Crippen LogP contribution in [0.25, 0.3) is 11.0 Å². The van der Waals surface area contributed by atoms with Crippen molar-refractivity contribution in [3.05, 3.63) is 67.4 Å². The van der Waals surface area contributed by atoms with E-state index in [4.69, 9.17) is 21.3 Å². The molecule has 3 aromatic heterocycles. The third-order valence-corrected chi connectivity index (χ3v) is 7.66. The van der Waals surface area contributed by atoms with Gasteiger partial charge in [-0.3, -0.25) is 23.7 Å². The van der Waals surface area contributed by atoms with Crippen LogP contribution in [0.3, 0.4) is 0 Å². The minimum Gasteiger partial charge on any atom is -0.492 e. The van der Waals surface area contributed by atoms with E-state index in [-0.39, 0.29) is 17.2 Å². The number of likely N-dealkylation sites (tertiary alicyclic amines) is 1. The van der Waals surface area contributed by atoms with Crippen LogP contribution in [0, 0.1) is 0 Å². The van der Waals surface area contributed by atoms with Crippen LogP contribution in [0.4, 0.5) is 0 Å². The van der Waals surface area contributed by atoms with Crippen LogP contribution in [0.5, 0.6) is 5.75 Å². The number of ether oxygens (including phenoxy) is 1. The Kier molecular flexibility index (Phi) is 5.67. The Morgan fingerprint density at radius 1 is 1.12 bits per heavy atom. The molecule has 6 rings (SSSR count). The highest BCUT2D eigenvalue weighted by molar-refractivity contribution is 6.31. The quantitative estimate of drug-likeness (QED) is 0.602. The lowest BCUT2D eigenvalue weighted by Crippen LogP contribution is -2.44. The van der Waals surface area contributed by atoms with Crippen molar-refractivity contribution in [1.82, 2.24) is 24.3 Å². The van der Waals surface area contributed by atoms with Gasteiger partial charge in [0.15, 0.2) is 0 Å². The SMILES string of the molecule is O=c1ccc2ccc(=O)n3c2n1C[C@H]3CN1CCC(NCc2nc3c(cc2Cl)OCCC3)CC1. The average molecular weight is 482 g/mol. The van der Waals surface area contributed by atoms with E-state index in [1.807, 2.05) is 10.6 Å². The summed E-state index contributed by atoms with van der Waals surface area (Å²) in [7, 11) is 0. The number of pyridine rings is 3. The number of rotatable bonds is 5. The molecular formula is C25H28ClN5O3. The molecule has 0 unspecified atom stereocenters. The molecule has 0 aliphatic carbocycles. The first kappa shape index (κ1) is 21.8. The molecule has 0 bridgehead atoms. The Balaban J connectivity index is 1.07. The zero-order valence-corrected chi connectivity index (χ0v) is 19.8. The zero-order chi connectivity index (χ0) is 23.2. The fraction of sp³-hybridized carbons (Fsp3) is 0.480. The minimum atomic E-state index is -0.0433. The first-order valence-electron chi connectivity index (χ1n) is 12.1. The van der Waals surface area contributed by atoms with Gasteiger partial charge in [-0.1, -0.05) is 11.6 Å². The molecule has 0 radical (unpaired) electrons. The summed E-state index contributed by atoms with van der Waals surface area (Å²) in [4.78, 5) is 32.2. The maximum Gasteiger partial charge on any atom is 0.252 e. The highest BCUT2D eigenvalue weighted by Gasteiger charge is 2.29. The van der Waals surface area contributed by atoms with Crippen LogP contribution in [0.2, 0.25) is 5.02 Å². The first-order valence-corrected chi connectivity index (χ1v) is 12.5. The van der Waals surface area contributed by atoms with Crippen LogP contribution in [0.1, 0.15) is 36.7 Å². The molecule has 0 amide bonds. The van der Waals surface area contributed by atoms with Gasteiger partial charge in [0, 0.05) is 49.3 Å². The molecule has 3 aromatic rings. The Morgan fingerprint density at radius 2 is 1.91 bits per heavy atom. The maximum absolute atomic E-state index is 12.6. The second-order valence-corrected chi connectivity index (χ2v) is 9.93. The molecule has 0 saturated carbocycles. The van der Waals surface area contributed by atoms with Crippen molar-refractivity contribution in [2.45, 2.75) is 50.9 Å². The molecule has 0 aromatic carbocycles. The molecule has 3 aliphatic heterocycles. The normalized spacial score (nSPS) is 20.4. The van der Waals surface area contributed by atoms with Gasteiger partial charge < -0.3 is 15.0 Å². The van der Waals surface area contributed by atoms with Gasteiger partial charge in [0.2, 0.25) is 0 Å². The average Bonchev–Trinajstić information content (AvgIpc) is 3.23. The summed E-state index contributed by atoms with van der Waals surface area (Å²) in [6.07, 6.45) is 3.97. The number of halogens is 1. The largest absolute Gasteiger partial charge is 0.492 e. The second-order valence-electron chi connectivity index (χ2n) is 9.53. The number of hydrogen-bond donors (Lipinski definition) is 1. The standard InChI is InChI=1S/C25H28ClN5O3/c26-19-12-22-20(2-1-11-34-22)28-21(19)13-27-17-7-9-29(10-8-17)14-18-15-30-23(32)5-3-16-4-6-24(33)31(18)25(16)30/h3-6,12,17-18,27H,1-2,7-11,13-15H2/t18-/m1/s1. The number of aryl methyl sites for hydroxylation is 1. The summed E-state index contributed by atoms with van der Waals surface area (Å²) in [6.45, 7) is 4.60. The van der Waals surface area contributed by atoms with Crippen LogP contribution in [0.15, 0.2) is 39.9 Å². The molecule has 1 atom stereocenters. The molecule has 9 heteroatoms. The van der Waals surface area contributed by atoms with Gasteiger partial charge in [-0.2, -0.15) is 0 Å². The third kappa shape index (κ3) is 3.93. The van der Waals surface area contributed by atoms with E-state index < -0.39 is 0 Å². The van der Waals surface area contributed by atoms with Crippen molar-refractivity contribution in [1.29, 1.82) is 0 Å². The number of nitrogens with zero attached hydrogens (tertiary/aromatic N) is 4. The van der Waals surface area contributed by atoms with Gasteiger partial charge in [0.1, 0.15) is 11.4 Å². The second kappa shape index (κ2) is 8.83. The van der Waals surface area contributed by atoms with E-state index in [0.29, 0.717) is 24.2 Å². The Morgan fingerprint density at radius 3 is 2.74 bits per heavy atom. The number of hydrogen-bond acceptors (Lipinski definition) is 6. The van der Waals surface area contributed by atoms with E-state index in [9.17, 15) is 9.59 Å². The number of piperidine rings is 1. The Hall–Kier alpha value is -2.68. The number of aromatic nitrogens is 3. The van der Waals surface area contributed by atoms with Crippen LogP contribution in [-0.4, -0.2) is 51.3 Å². The minimum absolute atomic E-state index is 0.0171. The van der Waals surface area contributed by atoms with Gasteiger partial charge in [-0.15, -0.1) is 0 Å². The molecular weight excluding hydrogens is 454 g/mol. The van der Waals surface area contributed by atoms with Crippen molar-refractivity contribution < 1.29 is 4.74 Å². The Labute approximate surface area is 202 Å². The lowest BCUT2D eigenvalue weighted by Gasteiger charge is -2.34. The molecule has 1 N–H and O–H groups in total. The highest BCUT2D eigenvalue weighted by atomic mass is 35.5. The van der Waals surface area contributed by atoms with E-state index in [1.54, 1.807) is 28.8 Å². The topological polar surface area (TPSA) is 81.4 Å². The molecule has 8 nitrogen and oxygen atoms in total. The van der Waals surface area contributed by atoms with Gasteiger partial charge in [0.05, 0.1) is 29.1 Å². The fourth-order valence-corrected chi connectivity index (χ4v) is 5.76. The molecule has 1 fully saturated rings. The van der Waals surface area contributed by atoms with Crippen molar-refractivity contribution in [2.75, 3.05) is 26.2 Å². The van der Waals surface area contributed by atoms with Crippen LogP contribution < -0.4 is 21.2 Å². The van der Waals surface area contributed by atoms with Gasteiger partial charge in [0.25, 0.3) is 11.1 Å². The molecule has 3 aliphatic rings. The molecule has 6 heterocycles. The molecule has 0 spiro atoms. The van der Waals surface area contributed by atoms with Crippen LogP contribution in [-0.2, 0) is 19.5 Å². The number of nitrogens with one attached hydrogen (secondary N) is 1. The van der Waals surface area contributed by atoms with Crippen molar-refractivity contribution in [3.63, 3.8) is 0 Å². The summed E-state index contributed by atoms with van der Waals surface area (Å²) in [5.74, 6) is 0.819. The predicted molar refractivity (Wildman–Crippen MR) is 131 cm³/mol. The summed E-state index contributed by atoms with van der Waals surface area (Å²) in [5.41, 5.74) is 2.56. The summed E-state index contributed by atoms with van der Waals surface area (Å²) in [5, 5.41) is 5.22. The van der Waals surface area contributed by atoms with E-state index in [2.05, 4.69) is 10.2 Å². The van der Waals surface area contributed by atoms with Crippen molar-refractivity contribution in [3.8, 4) is 5.75 Å². The smallest absolute Gasteiger partial charge is 0.252 e. The fourth-order valence-electron chi connectivity index (χ4n) is 5.55. The lowest BCUT2D eigenvalue weighted by molar-refractivity contribution is 0.171. The monoisotopic (exact) mass is 481 g/mol. The lowest BCUT2D eigenvalue weighted by atomic mass is 10.0. The summed E-state index contributed by atoms with van der Waals surface area (Å²) in [6, 6.07) is 9.09. The van der Waals surface area contributed by atoms with Gasteiger partial charge in [-0.25, -0.2) is 0 Å². The third-order valence-electron chi connectivity index (χ3n) is 7.33. The van der Waals surface area contributed by atoms with Crippen molar-refractivity contribution in [2.24, 2.45) is 0 Å². The first-order chi connectivity index (χ1) is 16.6. The predicted octanol–water partition coefficient (Wildman–Crippen LogP) is 2.35. The Bertz CT molecular complexity index is 1350. The van der Waals surface area contributed by atoms with E-state index in [0.717, 1.165) is 80.1 Å². The summed E-state index contributed by atoms with van der Waals surface area (Å²) < 4.78 is 9.22. The molecule has 178 valence electrons. The maximum atomic E-state index is 12.6. The van der Waals surface area contributed by atoms with Gasteiger partial charge in [-0.05, 0) is 50.9 Å². The van der Waals surface area contributed by atoms with Crippen LogP contribution >= 0.6 is 11.6 Å². The van der Waals surface area contributed by atoms with E-state index in [1.165, 1.54) is 0 Å². The zero-order valence-electron chi connectivity index (χ0n) is 19.0. The van der Waals surface area contributed by atoms with Gasteiger partial charge >= 0.3 is 0 Å². The highest BCUT2D eigenvalue weighted by Crippen LogP contribution is 2.29. The molecule has 34 heavy (non-hydrogen) atoms. The van der Waals surface area contributed by atoms with Crippen molar-refractivity contribution >= 4 is 22.6 Å². The number of fused-ring (bicyclic) bond motifs is 1. The van der Waals surface area contributed by atoms with E-state index >= 15 is 0 Å². The molecule has 1 saturated heterocycles. The summed E-state index contributed by atoms with van der Waals surface area (Å²) >= 11 is 6.45.